The number of rotatable bonds is 7. The van der Waals surface area contributed by atoms with E-state index in [2.05, 4.69) is 30.7 Å². The van der Waals surface area contributed by atoms with Gasteiger partial charge < -0.3 is 24.8 Å². The van der Waals surface area contributed by atoms with E-state index >= 15 is 0 Å². The van der Waals surface area contributed by atoms with Gasteiger partial charge >= 0.3 is 5.97 Å². The van der Waals surface area contributed by atoms with Crippen LogP contribution >= 0.6 is 12.2 Å². The zero-order chi connectivity index (χ0) is 22.0. The summed E-state index contributed by atoms with van der Waals surface area (Å²) < 4.78 is 2.09. The second-order valence-corrected chi connectivity index (χ2v) is 8.17. The van der Waals surface area contributed by atoms with E-state index < -0.39 is 5.97 Å². The van der Waals surface area contributed by atoms with Crippen LogP contribution in [0.1, 0.15) is 33.8 Å². The fourth-order valence-corrected chi connectivity index (χ4v) is 4.24. The third-order valence-corrected chi connectivity index (χ3v) is 5.81. The summed E-state index contributed by atoms with van der Waals surface area (Å²) in [6.07, 6.45) is 3.79. The van der Waals surface area contributed by atoms with Gasteiger partial charge in [0.1, 0.15) is 0 Å². The zero-order valence-corrected chi connectivity index (χ0v) is 18.3. The molecule has 31 heavy (non-hydrogen) atoms. The largest absolute Gasteiger partial charge is 0.478 e. The van der Waals surface area contributed by atoms with E-state index in [1.807, 2.05) is 56.7 Å². The second-order valence-electron chi connectivity index (χ2n) is 7.78. The van der Waals surface area contributed by atoms with Gasteiger partial charge in [-0.3, -0.25) is 4.98 Å². The van der Waals surface area contributed by atoms with Crippen molar-refractivity contribution in [2.75, 3.05) is 27.2 Å². The molecular formula is C23H25N5O2S. The number of benzene rings is 1. The molecule has 2 atom stereocenters. The summed E-state index contributed by atoms with van der Waals surface area (Å²) in [5, 5.41) is 13.4. The van der Waals surface area contributed by atoms with Gasteiger partial charge in [0, 0.05) is 36.9 Å². The first-order valence-electron chi connectivity index (χ1n) is 10.1. The summed E-state index contributed by atoms with van der Waals surface area (Å²) in [6.45, 7) is 1.64. The summed E-state index contributed by atoms with van der Waals surface area (Å²) >= 11 is 5.72. The van der Waals surface area contributed by atoms with Gasteiger partial charge in [-0.05, 0) is 74.8 Å². The van der Waals surface area contributed by atoms with Crippen LogP contribution in [0.3, 0.4) is 0 Å². The average molecular weight is 436 g/mol. The number of hydrogen-bond acceptors (Lipinski definition) is 4. The number of thiocarbonyl (C=S) groups is 1. The number of carboxylic acid groups (broad SMARTS) is 1. The molecule has 0 saturated carbocycles. The van der Waals surface area contributed by atoms with E-state index in [9.17, 15) is 9.90 Å². The van der Waals surface area contributed by atoms with Gasteiger partial charge in [-0.25, -0.2) is 4.79 Å². The van der Waals surface area contributed by atoms with Crippen LogP contribution in [0, 0.1) is 0 Å². The highest BCUT2D eigenvalue weighted by molar-refractivity contribution is 7.80. The molecule has 0 spiro atoms. The topological polar surface area (TPSA) is 73.6 Å². The van der Waals surface area contributed by atoms with Crippen LogP contribution in [-0.4, -0.2) is 62.7 Å². The first kappa shape index (κ1) is 21.0. The lowest BCUT2D eigenvalue weighted by Gasteiger charge is -2.29. The Morgan fingerprint density at radius 3 is 2.58 bits per heavy atom. The molecule has 3 aromatic rings. The Labute approximate surface area is 186 Å². The number of pyridine rings is 1. The summed E-state index contributed by atoms with van der Waals surface area (Å²) in [6, 6.07) is 16.7. The summed E-state index contributed by atoms with van der Waals surface area (Å²) in [4.78, 5) is 20.2. The van der Waals surface area contributed by atoms with Crippen molar-refractivity contribution in [3.8, 4) is 5.69 Å². The first-order valence-corrected chi connectivity index (χ1v) is 10.5. The van der Waals surface area contributed by atoms with Crippen LogP contribution in [0.5, 0.6) is 0 Å². The van der Waals surface area contributed by atoms with Gasteiger partial charge in [-0.15, -0.1) is 0 Å². The molecule has 0 unspecified atom stereocenters. The van der Waals surface area contributed by atoms with E-state index in [0.717, 1.165) is 30.2 Å². The lowest BCUT2D eigenvalue weighted by Crippen LogP contribution is -2.36. The molecule has 1 saturated heterocycles. The molecule has 0 aliphatic carbocycles. The molecule has 1 aromatic carbocycles. The molecule has 2 aromatic heterocycles. The summed E-state index contributed by atoms with van der Waals surface area (Å²) in [7, 11) is 4.09. The standard InChI is InChI=1S/C23H25N5O2S/c1-26(2)14-15-28-21(20(25-23(28)31)18-6-3-4-12-24-18)19-7-5-13-27(19)17-10-8-16(9-11-17)22(29)30/h3-13,20-21H,14-15H2,1-2H3,(H,25,31)(H,29,30)/t20-,21-/m1/s1. The molecule has 1 aliphatic heterocycles. The summed E-state index contributed by atoms with van der Waals surface area (Å²) in [5.41, 5.74) is 3.15. The second kappa shape index (κ2) is 8.87. The Hall–Kier alpha value is -3.23. The van der Waals surface area contributed by atoms with E-state index in [4.69, 9.17) is 12.2 Å². The van der Waals surface area contributed by atoms with Crippen molar-refractivity contribution in [2.24, 2.45) is 0 Å². The van der Waals surface area contributed by atoms with Gasteiger partial charge in [-0.2, -0.15) is 0 Å². The molecule has 0 amide bonds. The van der Waals surface area contributed by atoms with Gasteiger partial charge in [0.2, 0.25) is 0 Å². The Bertz CT molecular complexity index is 1070. The maximum atomic E-state index is 11.2. The highest BCUT2D eigenvalue weighted by Gasteiger charge is 2.41. The van der Waals surface area contributed by atoms with E-state index in [-0.39, 0.29) is 17.6 Å². The molecule has 0 bridgehead atoms. The maximum absolute atomic E-state index is 11.2. The van der Waals surface area contributed by atoms with Crippen LogP contribution in [0.2, 0.25) is 0 Å². The van der Waals surface area contributed by atoms with Crippen LogP contribution in [0.4, 0.5) is 0 Å². The molecule has 1 aliphatic rings. The van der Waals surface area contributed by atoms with Crippen molar-refractivity contribution in [1.82, 2.24) is 24.7 Å². The van der Waals surface area contributed by atoms with Gasteiger partial charge in [0.15, 0.2) is 5.11 Å². The molecule has 2 N–H and O–H groups in total. The quantitative estimate of drug-likeness (QED) is 0.553. The number of aromatic carboxylic acids is 1. The molecule has 1 fully saturated rings. The van der Waals surface area contributed by atoms with Crippen molar-refractivity contribution in [3.05, 3.63) is 83.9 Å². The highest BCUT2D eigenvalue weighted by atomic mass is 32.1. The van der Waals surface area contributed by atoms with E-state index in [0.29, 0.717) is 5.11 Å². The fourth-order valence-electron chi connectivity index (χ4n) is 3.91. The van der Waals surface area contributed by atoms with Gasteiger partial charge in [0.05, 0.1) is 23.3 Å². The molecule has 8 heteroatoms. The van der Waals surface area contributed by atoms with Crippen molar-refractivity contribution in [1.29, 1.82) is 0 Å². The van der Waals surface area contributed by atoms with Crippen molar-refractivity contribution in [3.63, 3.8) is 0 Å². The number of carboxylic acids is 1. The SMILES string of the molecule is CN(C)CCN1C(=S)N[C@H](c2ccccn2)[C@H]1c1cccn1-c1ccc(C(=O)O)cc1. The zero-order valence-electron chi connectivity index (χ0n) is 17.5. The van der Waals surface area contributed by atoms with Gasteiger partial charge in [0.25, 0.3) is 0 Å². The molecule has 4 rings (SSSR count). The Kier molecular flexibility index (Phi) is 6.01. The minimum absolute atomic E-state index is 0.0588. The number of carbonyl (C=O) groups is 1. The van der Waals surface area contributed by atoms with E-state index in [1.54, 1.807) is 18.3 Å². The number of nitrogens with one attached hydrogen (secondary N) is 1. The van der Waals surface area contributed by atoms with Crippen LogP contribution in [0.15, 0.2) is 67.0 Å². The Balaban J connectivity index is 1.75. The minimum atomic E-state index is -0.935. The summed E-state index contributed by atoms with van der Waals surface area (Å²) in [5.74, 6) is -0.935. The average Bonchev–Trinajstić information content (AvgIpc) is 3.37. The predicted molar refractivity (Wildman–Crippen MR) is 123 cm³/mol. The molecule has 160 valence electrons. The molecule has 7 nitrogen and oxygen atoms in total. The lowest BCUT2D eigenvalue weighted by atomic mass is 10.0. The highest BCUT2D eigenvalue weighted by Crippen LogP contribution is 2.39. The van der Waals surface area contributed by atoms with Crippen LogP contribution in [0.25, 0.3) is 5.69 Å². The third kappa shape index (κ3) is 4.30. The number of likely N-dealkylation sites (N-methyl/N-ethyl adjacent to an activating group) is 1. The number of nitrogens with zero attached hydrogens (tertiary/aromatic N) is 4. The molecule has 3 heterocycles. The molecular weight excluding hydrogens is 410 g/mol. The van der Waals surface area contributed by atoms with Gasteiger partial charge in [-0.1, -0.05) is 6.07 Å². The normalized spacial score (nSPS) is 18.4. The number of hydrogen-bond donors (Lipinski definition) is 2. The third-order valence-electron chi connectivity index (χ3n) is 5.46. The van der Waals surface area contributed by atoms with Crippen molar-refractivity contribution >= 4 is 23.3 Å². The fraction of sp³-hybridized carbons (Fsp3) is 0.261. The van der Waals surface area contributed by atoms with Crippen molar-refractivity contribution in [2.45, 2.75) is 12.1 Å². The van der Waals surface area contributed by atoms with Crippen LogP contribution < -0.4 is 5.32 Å². The predicted octanol–water partition coefficient (Wildman–Crippen LogP) is 3.10. The Morgan fingerprint density at radius 1 is 1.16 bits per heavy atom. The maximum Gasteiger partial charge on any atom is 0.335 e. The van der Waals surface area contributed by atoms with Crippen LogP contribution in [-0.2, 0) is 0 Å². The monoisotopic (exact) mass is 435 g/mol. The Morgan fingerprint density at radius 2 is 1.94 bits per heavy atom. The number of aromatic nitrogens is 2. The van der Waals surface area contributed by atoms with E-state index in [1.165, 1.54) is 0 Å². The lowest BCUT2D eigenvalue weighted by molar-refractivity contribution is 0.0697. The first-order chi connectivity index (χ1) is 15.0. The smallest absolute Gasteiger partial charge is 0.335 e. The molecule has 0 radical (unpaired) electrons. The minimum Gasteiger partial charge on any atom is -0.478 e. The van der Waals surface area contributed by atoms with Crippen molar-refractivity contribution < 1.29 is 9.90 Å².